The number of aromatic nitrogens is 2. The summed E-state index contributed by atoms with van der Waals surface area (Å²) in [5.41, 5.74) is 6.07. The van der Waals surface area contributed by atoms with Crippen LogP contribution in [-0.4, -0.2) is 52.5 Å². The van der Waals surface area contributed by atoms with Crippen molar-refractivity contribution in [3.63, 3.8) is 0 Å². The lowest BCUT2D eigenvalue weighted by atomic mass is 9.97. The van der Waals surface area contributed by atoms with Gasteiger partial charge in [0.2, 0.25) is 24.5 Å². The number of benzene rings is 1. The van der Waals surface area contributed by atoms with Gasteiger partial charge in [0.25, 0.3) is 5.22 Å². The number of thioether (sulfide) groups is 1. The summed E-state index contributed by atoms with van der Waals surface area (Å²) >= 11 is 1.17. The van der Waals surface area contributed by atoms with Gasteiger partial charge in [0.1, 0.15) is 0 Å². The van der Waals surface area contributed by atoms with Crippen LogP contribution in [-0.2, 0) is 9.59 Å². The molecule has 0 spiro atoms. The topological polar surface area (TPSA) is 121 Å². The minimum Gasteiger partial charge on any atom is -0.454 e. The third-order valence-electron chi connectivity index (χ3n) is 4.52. The number of carbonyl (C=O) groups excluding carboxylic acids is 2. The van der Waals surface area contributed by atoms with Crippen molar-refractivity contribution in [2.24, 2.45) is 11.7 Å². The first-order chi connectivity index (χ1) is 13.1. The summed E-state index contributed by atoms with van der Waals surface area (Å²) in [7, 11) is 0. The highest BCUT2D eigenvalue weighted by atomic mass is 32.2. The third kappa shape index (κ3) is 3.85. The number of amides is 2. The lowest BCUT2D eigenvalue weighted by Crippen LogP contribution is -2.44. The van der Waals surface area contributed by atoms with Gasteiger partial charge in [-0.15, -0.1) is 10.2 Å². The number of nitrogens with zero attached hydrogens (tertiary/aromatic N) is 3. The Bertz CT molecular complexity index is 871. The lowest BCUT2D eigenvalue weighted by Gasteiger charge is -2.31. The average molecular weight is 390 g/mol. The molecule has 142 valence electrons. The van der Waals surface area contributed by atoms with E-state index in [2.05, 4.69) is 10.2 Å². The van der Waals surface area contributed by atoms with Crippen LogP contribution in [0.2, 0.25) is 0 Å². The largest absolute Gasteiger partial charge is 0.454 e. The van der Waals surface area contributed by atoms with Gasteiger partial charge in [-0.2, -0.15) is 0 Å². The highest BCUT2D eigenvalue weighted by molar-refractivity contribution is 7.99. The molecule has 0 unspecified atom stereocenters. The summed E-state index contributed by atoms with van der Waals surface area (Å²) in [4.78, 5) is 25.4. The quantitative estimate of drug-likeness (QED) is 0.758. The van der Waals surface area contributed by atoms with Gasteiger partial charge in [-0.25, -0.2) is 0 Å². The number of carbonyl (C=O) groups is 2. The van der Waals surface area contributed by atoms with E-state index in [0.717, 1.165) is 12.8 Å². The molecule has 2 aromatic rings. The number of hydrogen-bond donors (Lipinski definition) is 1. The lowest BCUT2D eigenvalue weighted by molar-refractivity contribution is -0.132. The molecule has 1 aromatic heterocycles. The molecule has 1 saturated heterocycles. The predicted octanol–water partition coefficient (Wildman–Crippen LogP) is 1.28. The molecule has 2 N–H and O–H groups in total. The number of hydrogen-bond acceptors (Lipinski definition) is 8. The van der Waals surface area contributed by atoms with Crippen molar-refractivity contribution in [2.75, 3.05) is 25.6 Å². The summed E-state index contributed by atoms with van der Waals surface area (Å²) < 4.78 is 16.2. The van der Waals surface area contributed by atoms with Crippen LogP contribution >= 0.6 is 11.8 Å². The molecule has 2 aliphatic rings. The number of likely N-dealkylation sites (tertiary alicyclic amines) is 1. The zero-order chi connectivity index (χ0) is 18.8. The Labute approximate surface area is 159 Å². The van der Waals surface area contributed by atoms with Crippen LogP contribution in [0.4, 0.5) is 0 Å². The molecule has 9 nitrogen and oxygen atoms in total. The normalized spacial score (nSPS) is 18.5. The molecular formula is C17H18N4O5S. The fraction of sp³-hybridized carbons (Fsp3) is 0.412. The second-order valence-corrected chi connectivity index (χ2v) is 7.24. The molecule has 4 rings (SSSR count). The predicted molar refractivity (Wildman–Crippen MR) is 95.1 cm³/mol. The molecule has 3 heterocycles. The molecule has 0 aliphatic carbocycles. The Morgan fingerprint density at radius 3 is 2.96 bits per heavy atom. The molecule has 27 heavy (non-hydrogen) atoms. The van der Waals surface area contributed by atoms with Crippen LogP contribution in [0.15, 0.2) is 27.8 Å². The van der Waals surface area contributed by atoms with E-state index in [1.807, 2.05) is 0 Å². The molecular weight excluding hydrogens is 372 g/mol. The zero-order valence-electron chi connectivity index (χ0n) is 14.4. The van der Waals surface area contributed by atoms with E-state index in [-0.39, 0.29) is 30.3 Å². The Morgan fingerprint density at radius 2 is 2.11 bits per heavy atom. The molecule has 1 aromatic carbocycles. The van der Waals surface area contributed by atoms with E-state index in [4.69, 9.17) is 19.6 Å². The number of rotatable bonds is 5. The maximum absolute atomic E-state index is 12.4. The minimum absolute atomic E-state index is 0.0752. The van der Waals surface area contributed by atoms with Gasteiger partial charge >= 0.3 is 0 Å². The Kier molecular flexibility index (Phi) is 4.88. The fourth-order valence-corrected chi connectivity index (χ4v) is 3.73. The first kappa shape index (κ1) is 17.7. The van der Waals surface area contributed by atoms with Crippen molar-refractivity contribution in [2.45, 2.75) is 18.1 Å². The second-order valence-electron chi connectivity index (χ2n) is 6.31. The number of primary amides is 1. The summed E-state index contributed by atoms with van der Waals surface area (Å²) in [6, 6.07) is 5.36. The number of fused-ring (bicyclic) bond motifs is 1. The summed E-state index contributed by atoms with van der Waals surface area (Å²) in [5.74, 6) is 1.11. The third-order valence-corrected chi connectivity index (χ3v) is 5.32. The van der Waals surface area contributed by atoms with Crippen molar-refractivity contribution in [1.82, 2.24) is 15.1 Å². The number of ether oxygens (including phenoxy) is 2. The highest BCUT2D eigenvalue weighted by Gasteiger charge is 2.27. The van der Waals surface area contributed by atoms with E-state index in [0.29, 0.717) is 41.3 Å². The molecule has 2 aliphatic heterocycles. The first-order valence-electron chi connectivity index (χ1n) is 8.53. The molecule has 10 heteroatoms. The van der Waals surface area contributed by atoms with E-state index >= 15 is 0 Å². The van der Waals surface area contributed by atoms with Crippen molar-refractivity contribution in [3.8, 4) is 23.0 Å². The van der Waals surface area contributed by atoms with E-state index in [1.54, 1.807) is 23.1 Å². The van der Waals surface area contributed by atoms with Crippen LogP contribution in [0.3, 0.4) is 0 Å². The molecule has 0 radical (unpaired) electrons. The number of nitrogens with two attached hydrogens (primary N) is 1. The number of piperidine rings is 1. The Balaban J connectivity index is 1.35. The SMILES string of the molecule is NC(=O)[C@H]1CCCN(C(=O)CSc2nnc(-c3ccc4c(c3)OCO4)o2)C1. The van der Waals surface area contributed by atoms with Crippen molar-refractivity contribution >= 4 is 23.6 Å². The average Bonchev–Trinajstić information content (AvgIpc) is 3.34. The van der Waals surface area contributed by atoms with Crippen LogP contribution in [0.5, 0.6) is 11.5 Å². The van der Waals surface area contributed by atoms with E-state index in [1.165, 1.54) is 11.8 Å². The molecule has 0 bridgehead atoms. The van der Waals surface area contributed by atoms with Crippen molar-refractivity contribution < 1.29 is 23.5 Å². The van der Waals surface area contributed by atoms with Crippen LogP contribution in [0.1, 0.15) is 12.8 Å². The van der Waals surface area contributed by atoms with Gasteiger partial charge in [0, 0.05) is 18.7 Å². The van der Waals surface area contributed by atoms with Gasteiger partial charge in [-0.1, -0.05) is 11.8 Å². The summed E-state index contributed by atoms with van der Waals surface area (Å²) in [6.45, 7) is 1.20. The van der Waals surface area contributed by atoms with Crippen molar-refractivity contribution in [1.29, 1.82) is 0 Å². The standard InChI is InChI=1S/C17H18N4O5S/c18-15(23)11-2-1-5-21(7-11)14(22)8-27-17-20-19-16(26-17)10-3-4-12-13(6-10)25-9-24-12/h3-4,6,11H,1-2,5,7-9H2,(H2,18,23)/t11-/m0/s1. The Hall–Kier alpha value is -2.75. The van der Waals surface area contributed by atoms with Gasteiger partial charge in [-0.3, -0.25) is 9.59 Å². The van der Waals surface area contributed by atoms with Gasteiger partial charge in [0.15, 0.2) is 11.5 Å². The highest BCUT2D eigenvalue weighted by Crippen LogP contribution is 2.36. The maximum atomic E-state index is 12.4. The summed E-state index contributed by atoms with van der Waals surface area (Å²) in [6.07, 6.45) is 1.51. The monoisotopic (exact) mass is 390 g/mol. The molecule has 1 atom stereocenters. The Morgan fingerprint density at radius 1 is 1.26 bits per heavy atom. The second kappa shape index (κ2) is 7.47. The van der Waals surface area contributed by atoms with Crippen molar-refractivity contribution in [3.05, 3.63) is 18.2 Å². The van der Waals surface area contributed by atoms with E-state index in [9.17, 15) is 9.59 Å². The summed E-state index contributed by atoms with van der Waals surface area (Å²) in [5, 5.41) is 8.30. The maximum Gasteiger partial charge on any atom is 0.277 e. The minimum atomic E-state index is -0.356. The van der Waals surface area contributed by atoms with Crippen LogP contribution in [0.25, 0.3) is 11.5 Å². The first-order valence-corrected chi connectivity index (χ1v) is 9.52. The molecule has 2 amide bonds. The molecule has 0 saturated carbocycles. The van der Waals surface area contributed by atoms with Crippen LogP contribution in [0, 0.1) is 5.92 Å². The van der Waals surface area contributed by atoms with Gasteiger partial charge < -0.3 is 24.5 Å². The van der Waals surface area contributed by atoms with Gasteiger partial charge in [-0.05, 0) is 31.0 Å². The van der Waals surface area contributed by atoms with Crippen LogP contribution < -0.4 is 15.2 Å². The zero-order valence-corrected chi connectivity index (χ0v) is 15.2. The molecule has 1 fully saturated rings. The fourth-order valence-electron chi connectivity index (χ4n) is 3.06. The smallest absolute Gasteiger partial charge is 0.277 e. The van der Waals surface area contributed by atoms with Gasteiger partial charge in [0.05, 0.1) is 11.7 Å². The van der Waals surface area contributed by atoms with E-state index < -0.39 is 0 Å².